The molecule has 0 radical (unpaired) electrons. The highest BCUT2D eigenvalue weighted by Crippen LogP contribution is 2.19. The van der Waals surface area contributed by atoms with Gasteiger partial charge in [0, 0.05) is 11.6 Å². The average Bonchev–Trinajstić information content (AvgIpc) is 2.96. The lowest BCUT2D eigenvalue weighted by molar-refractivity contribution is 0.102. The van der Waals surface area contributed by atoms with Crippen LogP contribution in [0.2, 0.25) is 0 Å². The van der Waals surface area contributed by atoms with Crippen molar-refractivity contribution < 1.29 is 13.9 Å². The minimum absolute atomic E-state index is 0.273. The minimum Gasteiger partial charge on any atom is -0.494 e. The molecule has 3 rings (SSSR count). The van der Waals surface area contributed by atoms with E-state index in [2.05, 4.69) is 10.4 Å². The molecule has 0 saturated heterocycles. The predicted octanol–water partition coefficient (Wildman–Crippen LogP) is 3.97. The van der Waals surface area contributed by atoms with Crippen LogP contribution >= 0.6 is 0 Å². The molecule has 1 amide bonds. The third-order valence-corrected chi connectivity index (χ3v) is 3.55. The smallest absolute Gasteiger partial charge is 0.256 e. The number of aryl methyl sites for hydroxylation is 1. The molecule has 2 aromatic carbocycles. The molecule has 0 spiro atoms. The number of aromatic nitrogens is 2. The van der Waals surface area contributed by atoms with Crippen molar-refractivity contribution in [3.8, 4) is 11.4 Å². The topological polar surface area (TPSA) is 56.1 Å². The van der Waals surface area contributed by atoms with E-state index in [9.17, 15) is 9.18 Å². The lowest BCUT2D eigenvalue weighted by Gasteiger charge is -2.10. The first-order chi connectivity index (χ1) is 12.1. The number of carbonyl (C=O) groups excluding carboxylic acids is 1. The highest BCUT2D eigenvalue weighted by atomic mass is 19.1. The summed E-state index contributed by atoms with van der Waals surface area (Å²) in [5.74, 6) is 0.546. The van der Waals surface area contributed by atoms with Crippen molar-refractivity contribution in [2.45, 2.75) is 13.8 Å². The van der Waals surface area contributed by atoms with Gasteiger partial charge < -0.3 is 10.1 Å². The number of anilines is 1. The van der Waals surface area contributed by atoms with Gasteiger partial charge in [0.1, 0.15) is 17.4 Å². The molecule has 1 aromatic heterocycles. The van der Waals surface area contributed by atoms with Gasteiger partial charge in [-0.3, -0.25) is 4.79 Å². The van der Waals surface area contributed by atoms with Gasteiger partial charge in [0.2, 0.25) is 0 Å². The average molecular weight is 339 g/mol. The van der Waals surface area contributed by atoms with Crippen molar-refractivity contribution in [3.05, 3.63) is 71.7 Å². The van der Waals surface area contributed by atoms with Gasteiger partial charge in [-0.15, -0.1) is 0 Å². The Morgan fingerprint density at radius 2 is 1.96 bits per heavy atom. The Hall–Kier alpha value is -3.15. The van der Waals surface area contributed by atoms with E-state index in [1.165, 1.54) is 12.1 Å². The number of carbonyl (C=O) groups is 1. The number of nitrogens with one attached hydrogen (secondary N) is 1. The van der Waals surface area contributed by atoms with Crippen LogP contribution in [0, 0.1) is 12.7 Å². The Bertz CT molecular complexity index is 888. The molecule has 0 aliphatic heterocycles. The highest BCUT2D eigenvalue weighted by molar-refractivity contribution is 6.04. The summed E-state index contributed by atoms with van der Waals surface area (Å²) in [7, 11) is 0. The van der Waals surface area contributed by atoms with Gasteiger partial charge in [-0.25, -0.2) is 9.07 Å². The number of amides is 1. The molecule has 25 heavy (non-hydrogen) atoms. The van der Waals surface area contributed by atoms with Crippen LogP contribution in [0.3, 0.4) is 0 Å². The van der Waals surface area contributed by atoms with E-state index < -0.39 is 0 Å². The zero-order valence-electron chi connectivity index (χ0n) is 14.0. The van der Waals surface area contributed by atoms with Crippen LogP contribution < -0.4 is 10.1 Å². The number of rotatable bonds is 5. The molecule has 1 heterocycles. The standard InChI is InChI=1S/C19H18FN3O2/c1-3-25-17-6-4-5-14(12-17)19(24)21-18-11-13(2)22-23(18)16-9-7-15(20)8-10-16/h4-12H,3H2,1-2H3,(H,21,24). The van der Waals surface area contributed by atoms with Gasteiger partial charge in [-0.1, -0.05) is 6.07 Å². The zero-order valence-corrected chi connectivity index (χ0v) is 14.0. The second-order valence-electron chi connectivity index (χ2n) is 5.47. The Balaban J connectivity index is 1.87. The van der Waals surface area contributed by atoms with Crippen molar-refractivity contribution in [3.63, 3.8) is 0 Å². The molecular formula is C19H18FN3O2. The van der Waals surface area contributed by atoms with E-state index in [0.717, 1.165) is 5.69 Å². The van der Waals surface area contributed by atoms with Gasteiger partial charge in [0.25, 0.3) is 5.91 Å². The Morgan fingerprint density at radius 1 is 1.20 bits per heavy atom. The van der Waals surface area contributed by atoms with E-state index >= 15 is 0 Å². The summed E-state index contributed by atoms with van der Waals surface area (Å²) in [6.07, 6.45) is 0. The van der Waals surface area contributed by atoms with E-state index in [0.29, 0.717) is 29.4 Å². The maximum atomic E-state index is 13.1. The van der Waals surface area contributed by atoms with Gasteiger partial charge >= 0.3 is 0 Å². The summed E-state index contributed by atoms with van der Waals surface area (Å²) in [5, 5.41) is 7.20. The quantitative estimate of drug-likeness (QED) is 0.765. The molecule has 0 aliphatic rings. The third-order valence-electron chi connectivity index (χ3n) is 3.55. The van der Waals surface area contributed by atoms with Crippen molar-refractivity contribution in [2.75, 3.05) is 11.9 Å². The minimum atomic E-state index is -0.328. The van der Waals surface area contributed by atoms with Gasteiger partial charge in [0.15, 0.2) is 0 Å². The van der Waals surface area contributed by atoms with Crippen molar-refractivity contribution in [1.29, 1.82) is 0 Å². The van der Waals surface area contributed by atoms with Gasteiger partial charge in [-0.2, -0.15) is 5.10 Å². The molecule has 128 valence electrons. The first-order valence-electron chi connectivity index (χ1n) is 7.93. The number of nitrogens with zero attached hydrogens (tertiary/aromatic N) is 2. The molecule has 0 fully saturated rings. The van der Waals surface area contributed by atoms with Crippen LogP contribution in [0.15, 0.2) is 54.6 Å². The van der Waals surface area contributed by atoms with E-state index in [4.69, 9.17) is 4.74 Å². The van der Waals surface area contributed by atoms with Crippen molar-refractivity contribution in [2.24, 2.45) is 0 Å². The second-order valence-corrected chi connectivity index (χ2v) is 5.47. The van der Waals surface area contributed by atoms with Crippen LogP contribution in [0.5, 0.6) is 5.75 Å². The van der Waals surface area contributed by atoms with E-state index in [1.54, 1.807) is 47.1 Å². The first-order valence-corrected chi connectivity index (χ1v) is 7.93. The first kappa shape index (κ1) is 16.7. The molecule has 0 aliphatic carbocycles. The largest absolute Gasteiger partial charge is 0.494 e. The molecule has 1 N–H and O–H groups in total. The Kier molecular flexibility index (Phi) is 4.79. The fourth-order valence-electron chi connectivity index (χ4n) is 2.45. The molecule has 0 atom stereocenters. The van der Waals surface area contributed by atoms with Crippen LogP contribution in [-0.2, 0) is 0 Å². The zero-order chi connectivity index (χ0) is 17.8. The lowest BCUT2D eigenvalue weighted by Crippen LogP contribution is -2.15. The van der Waals surface area contributed by atoms with E-state index in [1.807, 2.05) is 13.8 Å². The van der Waals surface area contributed by atoms with Gasteiger partial charge in [-0.05, 0) is 56.3 Å². The fourth-order valence-corrected chi connectivity index (χ4v) is 2.45. The number of hydrogen-bond acceptors (Lipinski definition) is 3. The number of benzene rings is 2. The molecule has 3 aromatic rings. The highest BCUT2D eigenvalue weighted by Gasteiger charge is 2.13. The summed E-state index contributed by atoms with van der Waals surface area (Å²) in [6.45, 7) is 4.24. The summed E-state index contributed by atoms with van der Waals surface area (Å²) in [6, 6.07) is 14.6. The van der Waals surface area contributed by atoms with E-state index in [-0.39, 0.29) is 11.7 Å². The Morgan fingerprint density at radius 3 is 2.68 bits per heavy atom. The SMILES string of the molecule is CCOc1cccc(C(=O)Nc2cc(C)nn2-c2ccc(F)cc2)c1. The van der Waals surface area contributed by atoms with Crippen LogP contribution in [0.1, 0.15) is 23.0 Å². The van der Waals surface area contributed by atoms with Crippen LogP contribution in [0.4, 0.5) is 10.2 Å². The summed E-state index contributed by atoms with van der Waals surface area (Å²) in [5.41, 5.74) is 1.88. The normalized spacial score (nSPS) is 10.5. The molecular weight excluding hydrogens is 321 g/mol. The molecule has 6 heteroatoms. The van der Waals surface area contributed by atoms with Crippen LogP contribution in [-0.4, -0.2) is 22.3 Å². The second kappa shape index (κ2) is 7.17. The van der Waals surface area contributed by atoms with Crippen molar-refractivity contribution >= 4 is 11.7 Å². The molecule has 0 unspecified atom stereocenters. The lowest BCUT2D eigenvalue weighted by atomic mass is 10.2. The number of halogens is 1. The maximum Gasteiger partial charge on any atom is 0.256 e. The molecule has 0 bridgehead atoms. The summed E-state index contributed by atoms with van der Waals surface area (Å²) in [4.78, 5) is 12.5. The molecule has 0 saturated carbocycles. The Labute approximate surface area is 145 Å². The summed E-state index contributed by atoms with van der Waals surface area (Å²) >= 11 is 0. The van der Waals surface area contributed by atoms with Crippen molar-refractivity contribution in [1.82, 2.24) is 9.78 Å². The third kappa shape index (κ3) is 3.85. The van der Waals surface area contributed by atoms with Crippen LogP contribution in [0.25, 0.3) is 5.69 Å². The number of ether oxygens (including phenoxy) is 1. The molecule has 5 nitrogen and oxygen atoms in total. The number of hydrogen-bond donors (Lipinski definition) is 1. The fraction of sp³-hybridized carbons (Fsp3) is 0.158. The maximum absolute atomic E-state index is 13.1. The predicted molar refractivity (Wildman–Crippen MR) is 93.8 cm³/mol. The summed E-state index contributed by atoms with van der Waals surface area (Å²) < 4.78 is 20.1. The van der Waals surface area contributed by atoms with Gasteiger partial charge in [0.05, 0.1) is 18.0 Å². The monoisotopic (exact) mass is 339 g/mol.